The summed E-state index contributed by atoms with van der Waals surface area (Å²) in [5, 5.41) is 10.9. The molecule has 0 fully saturated rings. The van der Waals surface area contributed by atoms with Crippen molar-refractivity contribution in [2.45, 2.75) is 59.1 Å². The molecule has 3 rings (SSSR count). The minimum Gasteiger partial charge on any atom is -0.361 e. The predicted octanol–water partition coefficient (Wildman–Crippen LogP) is 6.78. The molecule has 7 heteroatoms. The van der Waals surface area contributed by atoms with Gasteiger partial charge in [-0.05, 0) is 43.2 Å². The van der Waals surface area contributed by atoms with Gasteiger partial charge >= 0.3 is 0 Å². The standard InChI is InChI=1S/C24H29ClFN3OSi/c1-15-17(3)29(14-30-9-10-31(4,5)6)24-19(12-27)11-20(26)22(23(15)24)16(2)18-7-8-21(25)28-13-18/h7-8,11,13,16H,9-10,14H2,1-6H3/t16-/m1/s1. The second-order valence-electron chi connectivity index (χ2n) is 9.28. The van der Waals surface area contributed by atoms with Gasteiger partial charge in [0, 0.05) is 43.4 Å². The predicted molar refractivity (Wildman–Crippen MR) is 127 cm³/mol. The zero-order valence-electron chi connectivity index (χ0n) is 19.0. The Morgan fingerprint density at radius 2 is 2.00 bits per heavy atom. The van der Waals surface area contributed by atoms with Crippen LogP contribution in [-0.4, -0.2) is 24.2 Å². The first-order valence-electron chi connectivity index (χ1n) is 10.5. The molecule has 0 spiro atoms. The SMILES string of the molecule is Cc1c(C)n(COCC[Si](C)(C)C)c2c(C#N)cc(F)c([C@H](C)c3ccc(Cl)nc3)c12. The third-order valence-electron chi connectivity index (χ3n) is 5.90. The van der Waals surface area contributed by atoms with Gasteiger partial charge in [-0.2, -0.15) is 5.26 Å². The highest BCUT2D eigenvalue weighted by Gasteiger charge is 2.25. The summed E-state index contributed by atoms with van der Waals surface area (Å²) in [5.41, 5.74) is 4.43. The lowest BCUT2D eigenvalue weighted by molar-refractivity contribution is 0.0889. The number of hydrogen-bond acceptors (Lipinski definition) is 3. The zero-order valence-corrected chi connectivity index (χ0v) is 20.8. The Balaban J connectivity index is 2.12. The molecule has 0 aliphatic rings. The molecule has 1 aromatic carbocycles. The van der Waals surface area contributed by atoms with Crippen molar-refractivity contribution < 1.29 is 9.13 Å². The number of nitriles is 1. The molecular formula is C24H29ClFN3OSi. The van der Waals surface area contributed by atoms with Crippen molar-refractivity contribution in [2.24, 2.45) is 0 Å². The van der Waals surface area contributed by atoms with Gasteiger partial charge in [0.25, 0.3) is 0 Å². The molecule has 3 aromatic rings. The minimum absolute atomic E-state index is 0.248. The normalized spacial score (nSPS) is 12.9. The van der Waals surface area contributed by atoms with Crippen LogP contribution >= 0.6 is 11.6 Å². The number of aryl methyl sites for hydroxylation is 1. The van der Waals surface area contributed by atoms with Crippen LogP contribution in [0.5, 0.6) is 0 Å². The van der Waals surface area contributed by atoms with Crippen LogP contribution < -0.4 is 0 Å². The average molecular weight is 458 g/mol. The molecule has 31 heavy (non-hydrogen) atoms. The van der Waals surface area contributed by atoms with Gasteiger partial charge in [0.05, 0.1) is 11.1 Å². The van der Waals surface area contributed by atoms with Crippen LogP contribution in [0.15, 0.2) is 24.4 Å². The van der Waals surface area contributed by atoms with E-state index in [1.807, 2.05) is 31.4 Å². The molecule has 0 aliphatic carbocycles. The summed E-state index contributed by atoms with van der Waals surface area (Å²) in [6, 6.07) is 8.16. The summed E-state index contributed by atoms with van der Waals surface area (Å²) in [5.74, 6) is -0.631. The number of ether oxygens (including phenoxy) is 1. The highest BCUT2D eigenvalue weighted by atomic mass is 35.5. The van der Waals surface area contributed by atoms with Crippen molar-refractivity contribution in [1.82, 2.24) is 9.55 Å². The third kappa shape index (κ3) is 4.84. The van der Waals surface area contributed by atoms with E-state index >= 15 is 4.39 Å². The first-order chi connectivity index (χ1) is 14.5. The van der Waals surface area contributed by atoms with E-state index < -0.39 is 8.07 Å². The largest absolute Gasteiger partial charge is 0.361 e. The van der Waals surface area contributed by atoms with E-state index in [0.29, 0.717) is 29.6 Å². The molecule has 0 unspecified atom stereocenters. The van der Waals surface area contributed by atoms with Crippen LogP contribution in [0.25, 0.3) is 10.9 Å². The van der Waals surface area contributed by atoms with Gasteiger partial charge in [0.1, 0.15) is 23.8 Å². The van der Waals surface area contributed by atoms with Crippen molar-refractivity contribution in [3.05, 3.63) is 63.3 Å². The van der Waals surface area contributed by atoms with E-state index in [1.54, 1.807) is 12.3 Å². The average Bonchev–Trinajstić information content (AvgIpc) is 2.95. The van der Waals surface area contributed by atoms with Gasteiger partial charge in [-0.3, -0.25) is 0 Å². The molecule has 2 aromatic heterocycles. The van der Waals surface area contributed by atoms with E-state index in [1.165, 1.54) is 6.07 Å². The lowest BCUT2D eigenvalue weighted by Gasteiger charge is -2.18. The zero-order chi connectivity index (χ0) is 22.9. The summed E-state index contributed by atoms with van der Waals surface area (Å²) in [7, 11) is -1.20. The molecule has 0 N–H and O–H groups in total. The Hall–Kier alpha value is -2.20. The number of aromatic nitrogens is 2. The molecule has 0 saturated heterocycles. The Kier molecular flexibility index (Phi) is 6.90. The Morgan fingerprint density at radius 1 is 1.29 bits per heavy atom. The minimum atomic E-state index is -1.20. The van der Waals surface area contributed by atoms with Crippen molar-refractivity contribution in [3.63, 3.8) is 0 Å². The van der Waals surface area contributed by atoms with E-state index in [-0.39, 0.29) is 11.7 Å². The van der Waals surface area contributed by atoms with Crippen molar-refractivity contribution in [1.29, 1.82) is 5.26 Å². The molecule has 0 bridgehead atoms. The van der Waals surface area contributed by atoms with Crippen LogP contribution in [0.3, 0.4) is 0 Å². The van der Waals surface area contributed by atoms with Gasteiger partial charge in [-0.1, -0.05) is 44.2 Å². The van der Waals surface area contributed by atoms with Crippen LogP contribution in [0.1, 0.15) is 40.8 Å². The molecule has 0 amide bonds. The van der Waals surface area contributed by atoms with Gasteiger partial charge < -0.3 is 9.30 Å². The fourth-order valence-corrected chi connectivity index (χ4v) is 4.75. The number of pyridine rings is 1. The van der Waals surface area contributed by atoms with Gasteiger partial charge in [0.15, 0.2) is 0 Å². The Labute approximate surface area is 189 Å². The molecule has 4 nitrogen and oxygen atoms in total. The number of fused-ring (bicyclic) bond motifs is 1. The fraction of sp³-hybridized carbons (Fsp3) is 0.417. The molecule has 0 radical (unpaired) electrons. The number of rotatable bonds is 7. The van der Waals surface area contributed by atoms with Crippen LogP contribution in [-0.2, 0) is 11.5 Å². The number of benzene rings is 1. The summed E-state index contributed by atoms with van der Waals surface area (Å²) in [4.78, 5) is 4.15. The molecule has 2 heterocycles. The molecular weight excluding hydrogens is 429 g/mol. The maximum atomic E-state index is 15.3. The second-order valence-corrected chi connectivity index (χ2v) is 15.3. The summed E-state index contributed by atoms with van der Waals surface area (Å²) in [6.45, 7) is 13.9. The third-order valence-corrected chi connectivity index (χ3v) is 7.83. The lowest BCUT2D eigenvalue weighted by Crippen LogP contribution is -2.22. The van der Waals surface area contributed by atoms with Crippen LogP contribution in [0.4, 0.5) is 4.39 Å². The maximum absolute atomic E-state index is 15.3. The lowest BCUT2D eigenvalue weighted by atomic mass is 9.89. The van der Waals surface area contributed by atoms with Crippen molar-refractivity contribution >= 4 is 30.6 Å². The Morgan fingerprint density at radius 3 is 2.58 bits per heavy atom. The van der Waals surface area contributed by atoms with Gasteiger partial charge in [-0.25, -0.2) is 9.37 Å². The maximum Gasteiger partial charge on any atom is 0.129 e. The highest BCUT2D eigenvalue weighted by molar-refractivity contribution is 6.76. The van der Waals surface area contributed by atoms with Crippen molar-refractivity contribution in [2.75, 3.05) is 6.61 Å². The quantitative estimate of drug-likeness (QED) is 0.223. The van der Waals surface area contributed by atoms with Gasteiger partial charge in [0.2, 0.25) is 0 Å². The van der Waals surface area contributed by atoms with Crippen molar-refractivity contribution in [3.8, 4) is 6.07 Å². The number of hydrogen-bond donors (Lipinski definition) is 0. The van der Waals surface area contributed by atoms with E-state index in [2.05, 4.69) is 30.7 Å². The topological polar surface area (TPSA) is 50.8 Å². The first kappa shape index (κ1) is 23.5. The monoisotopic (exact) mass is 457 g/mol. The molecule has 1 atom stereocenters. The second kappa shape index (κ2) is 9.11. The van der Waals surface area contributed by atoms with Crippen LogP contribution in [0.2, 0.25) is 30.8 Å². The summed E-state index contributed by atoms with van der Waals surface area (Å²) < 4.78 is 23.3. The smallest absolute Gasteiger partial charge is 0.129 e. The molecule has 0 saturated carbocycles. The van der Waals surface area contributed by atoms with Gasteiger partial charge in [-0.15, -0.1) is 0 Å². The number of nitrogens with zero attached hydrogens (tertiary/aromatic N) is 3. The first-order valence-corrected chi connectivity index (χ1v) is 14.5. The van der Waals surface area contributed by atoms with E-state index in [0.717, 1.165) is 33.8 Å². The van der Waals surface area contributed by atoms with Crippen LogP contribution in [0, 0.1) is 31.0 Å². The molecule has 0 aliphatic heterocycles. The molecule has 164 valence electrons. The number of halogens is 2. The summed E-state index contributed by atoms with van der Waals surface area (Å²) >= 11 is 5.93. The van der Waals surface area contributed by atoms with E-state index in [4.69, 9.17) is 16.3 Å². The Bertz CT molecular complexity index is 1140. The highest BCUT2D eigenvalue weighted by Crippen LogP contribution is 2.38. The fourth-order valence-electron chi connectivity index (χ4n) is 3.88. The van der Waals surface area contributed by atoms with E-state index in [9.17, 15) is 5.26 Å². The summed E-state index contributed by atoms with van der Waals surface area (Å²) in [6.07, 6.45) is 1.68.